The molecule has 1 atom stereocenters. The van der Waals surface area contributed by atoms with Gasteiger partial charge < -0.3 is 10.1 Å². The van der Waals surface area contributed by atoms with Gasteiger partial charge in [-0.05, 0) is 55.3 Å². The molecule has 3 aromatic carbocycles. The van der Waals surface area contributed by atoms with E-state index in [4.69, 9.17) is 16.3 Å². The van der Waals surface area contributed by atoms with Gasteiger partial charge in [0, 0.05) is 10.7 Å². The smallest absolute Gasteiger partial charge is 0.276 e. The Balaban J connectivity index is 1.57. The van der Waals surface area contributed by atoms with Gasteiger partial charge in [-0.15, -0.1) is 0 Å². The van der Waals surface area contributed by atoms with Crippen LogP contribution in [0.3, 0.4) is 0 Å². The highest BCUT2D eigenvalue weighted by Gasteiger charge is 2.34. The fraction of sp³-hybridized carbons (Fsp3) is 0.167. The number of hydrazine groups is 1. The highest BCUT2D eigenvalue weighted by molar-refractivity contribution is 6.31. The van der Waals surface area contributed by atoms with Gasteiger partial charge in [0.1, 0.15) is 11.9 Å². The molecule has 1 aliphatic rings. The van der Waals surface area contributed by atoms with E-state index in [1.165, 1.54) is 5.01 Å². The van der Waals surface area contributed by atoms with Crippen LogP contribution in [0.15, 0.2) is 66.7 Å². The minimum Gasteiger partial charge on any atom is -0.484 e. The first kappa shape index (κ1) is 20.8. The Morgan fingerprint density at radius 2 is 1.84 bits per heavy atom. The molecule has 4 rings (SSSR count). The van der Waals surface area contributed by atoms with E-state index in [1.54, 1.807) is 24.3 Å². The molecular weight excluding hydrogens is 414 g/mol. The molecule has 1 aliphatic heterocycles. The second-order valence-corrected chi connectivity index (χ2v) is 7.90. The Bertz CT molecular complexity index is 1130. The van der Waals surface area contributed by atoms with Crippen molar-refractivity contribution in [2.24, 2.45) is 0 Å². The molecule has 6 nitrogen and oxygen atoms in total. The Hall–Kier alpha value is -3.51. The van der Waals surface area contributed by atoms with Crippen LogP contribution in [0, 0.1) is 13.8 Å². The average molecular weight is 436 g/mol. The summed E-state index contributed by atoms with van der Waals surface area (Å²) in [6.07, 6.45) is -0.579. The van der Waals surface area contributed by atoms with Crippen molar-refractivity contribution in [3.8, 4) is 5.75 Å². The first-order chi connectivity index (χ1) is 14.9. The number of hydrogen-bond donors (Lipinski definition) is 2. The van der Waals surface area contributed by atoms with Crippen molar-refractivity contribution in [3.05, 3.63) is 94.0 Å². The normalized spacial score (nSPS) is 15.1. The number of nitrogens with zero attached hydrogens (tertiary/aromatic N) is 1. The number of ether oxygens (including phenoxy) is 1. The fourth-order valence-electron chi connectivity index (χ4n) is 3.40. The SMILES string of the molecule is Cc1ccc(C2Nc3ccc(Cl)cc3C(=O)N2NC(=O)COc2cccc(C)c2)cc1. The molecule has 0 fully saturated rings. The van der Waals surface area contributed by atoms with Crippen LogP contribution in [0.2, 0.25) is 5.02 Å². The zero-order valence-electron chi connectivity index (χ0n) is 17.2. The predicted molar refractivity (Wildman–Crippen MR) is 120 cm³/mol. The van der Waals surface area contributed by atoms with Gasteiger partial charge in [0.05, 0.1) is 5.56 Å². The van der Waals surface area contributed by atoms with E-state index in [0.717, 1.165) is 16.7 Å². The van der Waals surface area contributed by atoms with Gasteiger partial charge in [-0.1, -0.05) is 53.6 Å². The molecule has 0 saturated heterocycles. The second kappa shape index (κ2) is 8.70. The van der Waals surface area contributed by atoms with Crippen molar-refractivity contribution in [2.45, 2.75) is 20.0 Å². The summed E-state index contributed by atoms with van der Waals surface area (Å²) in [6.45, 7) is 3.71. The minimum absolute atomic E-state index is 0.226. The average Bonchev–Trinajstić information content (AvgIpc) is 2.75. The van der Waals surface area contributed by atoms with Crippen LogP contribution in [0.1, 0.15) is 33.2 Å². The van der Waals surface area contributed by atoms with E-state index in [0.29, 0.717) is 22.0 Å². The molecule has 2 N–H and O–H groups in total. The summed E-state index contributed by atoms with van der Waals surface area (Å²) in [6, 6.07) is 20.2. The van der Waals surface area contributed by atoms with Crippen LogP contribution >= 0.6 is 11.6 Å². The largest absolute Gasteiger partial charge is 0.484 e. The van der Waals surface area contributed by atoms with E-state index < -0.39 is 12.1 Å². The zero-order chi connectivity index (χ0) is 22.0. The van der Waals surface area contributed by atoms with E-state index in [9.17, 15) is 9.59 Å². The van der Waals surface area contributed by atoms with Crippen molar-refractivity contribution in [1.82, 2.24) is 10.4 Å². The number of fused-ring (bicyclic) bond motifs is 1. The third-order valence-corrected chi connectivity index (χ3v) is 5.21. The zero-order valence-corrected chi connectivity index (χ0v) is 17.9. The van der Waals surface area contributed by atoms with Gasteiger partial charge in [0.25, 0.3) is 11.8 Å². The maximum Gasteiger partial charge on any atom is 0.276 e. The number of rotatable bonds is 5. The Morgan fingerprint density at radius 1 is 1.06 bits per heavy atom. The van der Waals surface area contributed by atoms with Gasteiger partial charge >= 0.3 is 0 Å². The second-order valence-electron chi connectivity index (χ2n) is 7.46. The summed E-state index contributed by atoms with van der Waals surface area (Å²) >= 11 is 6.09. The Morgan fingerprint density at radius 3 is 2.58 bits per heavy atom. The molecule has 1 heterocycles. The molecule has 1 unspecified atom stereocenters. The summed E-state index contributed by atoms with van der Waals surface area (Å²) in [5.74, 6) is -0.213. The minimum atomic E-state index is -0.579. The molecule has 7 heteroatoms. The van der Waals surface area contributed by atoms with Crippen LogP contribution in [0.5, 0.6) is 5.75 Å². The number of nitrogens with one attached hydrogen (secondary N) is 2. The highest BCUT2D eigenvalue weighted by atomic mass is 35.5. The standard InChI is InChI=1S/C24H22ClN3O3/c1-15-6-8-17(9-7-15)23-26-21-11-10-18(25)13-20(21)24(30)28(23)27-22(29)14-31-19-5-3-4-16(2)12-19/h3-13,23,26H,14H2,1-2H3,(H,27,29). The van der Waals surface area contributed by atoms with Crippen molar-refractivity contribution in [2.75, 3.05) is 11.9 Å². The number of hydrogen-bond acceptors (Lipinski definition) is 4. The number of anilines is 1. The molecule has 0 aromatic heterocycles. The van der Waals surface area contributed by atoms with Crippen LogP contribution in [-0.2, 0) is 4.79 Å². The molecule has 31 heavy (non-hydrogen) atoms. The number of aryl methyl sites for hydroxylation is 2. The lowest BCUT2D eigenvalue weighted by atomic mass is 10.0. The lowest BCUT2D eigenvalue weighted by Gasteiger charge is -2.37. The third kappa shape index (κ3) is 4.64. The molecule has 0 radical (unpaired) electrons. The van der Waals surface area contributed by atoms with Crippen LogP contribution < -0.4 is 15.5 Å². The predicted octanol–water partition coefficient (Wildman–Crippen LogP) is 4.63. The topological polar surface area (TPSA) is 70.7 Å². The van der Waals surface area contributed by atoms with E-state index in [-0.39, 0.29) is 12.5 Å². The monoisotopic (exact) mass is 435 g/mol. The molecule has 3 aromatic rings. The van der Waals surface area contributed by atoms with Crippen molar-refractivity contribution in [3.63, 3.8) is 0 Å². The third-order valence-electron chi connectivity index (χ3n) is 4.98. The first-order valence-corrected chi connectivity index (χ1v) is 10.2. The molecule has 0 bridgehead atoms. The maximum absolute atomic E-state index is 13.2. The van der Waals surface area contributed by atoms with Gasteiger partial charge in [0.15, 0.2) is 6.61 Å². The van der Waals surface area contributed by atoms with Gasteiger partial charge in [-0.25, -0.2) is 5.01 Å². The van der Waals surface area contributed by atoms with Gasteiger partial charge in [0.2, 0.25) is 0 Å². The van der Waals surface area contributed by atoms with E-state index in [1.807, 2.05) is 56.3 Å². The summed E-state index contributed by atoms with van der Waals surface area (Å²) in [7, 11) is 0. The number of carbonyl (C=O) groups is 2. The van der Waals surface area contributed by atoms with Gasteiger partial charge in [-0.3, -0.25) is 15.0 Å². The van der Waals surface area contributed by atoms with Gasteiger partial charge in [-0.2, -0.15) is 0 Å². The molecule has 0 spiro atoms. The first-order valence-electron chi connectivity index (χ1n) is 9.86. The van der Waals surface area contributed by atoms with Crippen LogP contribution in [-0.4, -0.2) is 23.4 Å². The number of halogens is 1. The lowest BCUT2D eigenvalue weighted by molar-refractivity contribution is -0.127. The summed E-state index contributed by atoms with van der Waals surface area (Å²) in [5.41, 5.74) is 6.69. The van der Waals surface area contributed by atoms with Crippen molar-refractivity contribution in [1.29, 1.82) is 0 Å². The summed E-state index contributed by atoms with van der Waals surface area (Å²) in [5, 5.41) is 5.04. The van der Waals surface area contributed by atoms with Crippen molar-refractivity contribution < 1.29 is 14.3 Å². The van der Waals surface area contributed by atoms with E-state index >= 15 is 0 Å². The summed E-state index contributed by atoms with van der Waals surface area (Å²) in [4.78, 5) is 25.9. The van der Waals surface area contributed by atoms with Crippen LogP contribution in [0.25, 0.3) is 0 Å². The molecular formula is C24H22ClN3O3. The molecule has 158 valence electrons. The number of amides is 2. The van der Waals surface area contributed by atoms with E-state index in [2.05, 4.69) is 10.7 Å². The Labute approximate surface area is 185 Å². The number of benzene rings is 3. The molecule has 2 amide bonds. The fourth-order valence-corrected chi connectivity index (χ4v) is 3.57. The van der Waals surface area contributed by atoms with Crippen molar-refractivity contribution >= 4 is 29.1 Å². The summed E-state index contributed by atoms with van der Waals surface area (Å²) < 4.78 is 5.58. The Kier molecular flexibility index (Phi) is 5.82. The highest BCUT2D eigenvalue weighted by Crippen LogP contribution is 2.33. The molecule has 0 saturated carbocycles. The maximum atomic E-state index is 13.2. The quantitative estimate of drug-likeness (QED) is 0.612. The molecule has 0 aliphatic carbocycles. The van der Waals surface area contributed by atoms with Crippen LogP contribution in [0.4, 0.5) is 5.69 Å². The number of carbonyl (C=O) groups excluding carboxylic acids is 2. The lowest BCUT2D eigenvalue weighted by Crippen LogP contribution is -2.53.